The van der Waals surface area contributed by atoms with Gasteiger partial charge in [0, 0.05) is 36.0 Å². The number of nitrogens with zero attached hydrogens (tertiary/aromatic N) is 3. The van der Waals surface area contributed by atoms with Crippen molar-refractivity contribution in [1.29, 1.82) is 0 Å². The van der Waals surface area contributed by atoms with Crippen molar-refractivity contribution >= 4 is 33.1 Å². The van der Waals surface area contributed by atoms with Crippen LogP contribution in [0.2, 0.25) is 5.02 Å². The molecule has 0 bridgehead atoms. The van der Waals surface area contributed by atoms with Gasteiger partial charge >= 0.3 is 6.18 Å². The molecule has 3 atom stereocenters. The number of halogens is 5. The number of methoxy groups -OCH3 is 2. The predicted molar refractivity (Wildman–Crippen MR) is 171 cm³/mol. The van der Waals surface area contributed by atoms with Gasteiger partial charge in [-0.1, -0.05) is 23.7 Å². The molecule has 0 spiro atoms. The van der Waals surface area contributed by atoms with Crippen LogP contribution in [-0.2, 0) is 28.3 Å². The average molecular weight is 710 g/mol. The Morgan fingerprint density at radius 1 is 1.12 bits per heavy atom. The van der Waals surface area contributed by atoms with Crippen LogP contribution in [0.5, 0.6) is 11.5 Å². The third-order valence-corrected chi connectivity index (χ3v) is 10.3. The molecule has 4 aromatic rings. The van der Waals surface area contributed by atoms with E-state index in [1.807, 2.05) is 0 Å². The summed E-state index contributed by atoms with van der Waals surface area (Å²) in [7, 11) is -1.75. The van der Waals surface area contributed by atoms with Gasteiger partial charge in [0.05, 0.1) is 42.6 Å². The van der Waals surface area contributed by atoms with E-state index in [2.05, 4.69) is 15.3 Å². The molecule has 0 radical (unpaired) electrons. The maximum absolute atomic E-state index is 15.8. The molecule has 1 heterocycles. The Kier molecular flexibility index (Phi) is 10.1. The lowest BCUT2D eigenvalue weighted by atomic mass is 9.75. The molecular formula is C32H32ClF4N5O5S. The van der Waals surface area contributed by atoms with Gasteiger partial charge in [-0.15, -0.1) is 0 Å². The Morgan fingerprint density at radius 3 is 2.54 bits per heavy atom. The van der Waals surface area contributed by atoms with Crippen molar-refractivity contribution < 1.29 is 40.6 Å². The molecule has 10 nitrogen and oxygen atoms in total. The molecule has 5 rings (SSSR count). The van der Waals surface area contributed by atoms with Gasteiger partial charge in [0.1, 0.15) is 34.4 Å². The second-order valence-corrected chi connectivity index (χ2v) is 13.5. The van der Waals surface area contributed by atoms with E-state index in [0.29, 0.717) is 17.1 Å². The molecule has 1 saturated carbocycles. The molecule has 0 aliphatic heterocycles. The highest BCUT2D eigenvalue weighted by Gasteiger charge is 2.41. The van der Waals surface area contributed by atoms with Crippen LogP contribution < -0.4 is 24.8 Å². The predicted octanol–water partition coefficient (Wildman–Crippen LogP) is 5.88. The molecular weight excluding hydrogens is 678 g/mol. The molecule has 1 aliphatic carbocycles. The van der Waals surface area contributed by atoms with E-state index >= 15 is 4.39 Å². The highest BCUT2D eigenvalue weighted by molar-refractivity contribution is 7.92. The van der Waals surface area contributed by atoms with E-state index < -0.39 is 50.2 Å². The molecule has 1 aromatic heterocycles. The molecule has 4 N–H and O–H groups in total. The van der Waals surface area contributed by atoms with Crippen LogP contribution in [0.3, 0.4) is 0 Å². The van der Waals surface area contributed by atoms with E-state index in [1.54, 1.807) is 18.2 Å². The van der Waals surface area contributed by atoms with Crippen LogP contribution in [0.1, 0.15) is 36.0 Å². The van der Waals surface area contributed by atoms with E-state index in [0.717, 1.165) is 34.9 Å². The number of hydrogen-bond donors (Lipinski definition) is 3. The normalized spacial score (nSPS) is 19.9. The zero-order chi connectivity index (χ0) is 34.9. The number of aromatic nitrogens is 2. The van der Waals surface area contributed by atoms with Crippen molar-refractivity contribution in [3.8, 4) is 11.5 Å². The van der Waals surface area contributed by atoms with Gasteiger partial charge < -0.3 is 25.6 Å². The number of rotatable bonds is 10. The van der Waals surface area contributed by atoms with Crippen molar-refractivity contribution in [3.05, 3.63) is 101 Å². The summed E-state index contributed by atoms with van der Waals surface area (Å²) in [4.78, 5) is 7.19. The van der Waals surface area contributed by atoms with Gasteiger partial charge in [-0.05, 0) is 61.2 Å². The monoisotopic (exact) mass is 709 g/mol. The Morgan fingerprint density at radius 2 is 1.90 bits per heavy atom. The van der Waals surface area contributed by atoms with E-state index in [9.17, 15) is 26.7 Å². The minimum atomic E-state index is -4.64. The molecule has 0 saturated heterocycles. The first-order valence-electron chi connectivity index (χ1n) is 14.6. The minimum Gasteiger partial charge on any atom is -0.497 e. The number of alkyl halides is 3. The number of aliphatic hydroxyl groups is 1. The molecule has 0 amide bonds. The maximum atomic E-state index is 15.8. The number of ether oxygens (including phenoxy) is 2. The zero-order valence-electron chi connectivity index (χ0n) is 25.7. The quantitative estimate of drug-likeness (QED) is 0.172. The lowest BCUT2D eigenvalue weighted by Gasteiger charge is -2.41. The molecule has 1 fully saturated rings. The third kappa shape index (κ3) is 7.28. The number of anilines is 2. The summed E-state index contributed by atoms with van der Waals surface area (Å²) in [5, 5.41) is 14.2. The van der Waals surface area contributed by atoms with Crippen molar-refractivity contribution in [2.24, 2.45) is 5.73 Å². The number of hydrogen-bond acceptors (Lipinski definition) is 9. The van der Waals surface area contributed by atoms with E-state index in [4.69, 9.17) is 26.8 Å². The summed E-state index contributed by atoms with van der Waals surface area (Å²) >= 11 is 6.51. The largest absolute Gasteiger partial charge is 0.497 e. The standard InChI is InChI=1S/C32H32ClF4N5O5S/c1-46-22-7-6-19(28(13-22)47-2)17-42(30-9-11-39-18-40-30)48(44,45)29-14-23(33)27(15-24(29)34)41-26-8-10-31(43,16-25(26)38)20-4-3-5-21(12-20)32(35,36)37/h3-7,9,11-15,18,25-26,41,43H,8,10,16-17,38H2,1-2H3/t25?,26-,31-/m0/s1. The minimum absolute atomic E-state index is 0.0398. The van der Waals surface area contributed by atoms with Gasteiger partial charge in [0.2, 0.25) is 0 Å². The first-order valence-corrected chi connectivity index (χ1v) is 16.4. The third-order valence-electron chi connectivity index (χ3n) is 8.25. The Labute approximate surface area is 279 Å². The summed E-state index contributed by atoms with van der Waals surface area (Å²) in [6.45, 7) is -0.296. The molecule has 1 unspecified atom stereocenters. The summed E-state index contributed by atoms with van der Waals surface area (Å²) in [6, 6.07) is 11.2. The molecule has 48 heavy (non-hydrogen) atoms. The lowest BCUT2D eigenvalue weighted by Crippen LogP contribution is -2.50. The highest BCUT2D eigenvalue weighted by atomic mass is 35.5. The Balaban J connectivity index is 1.40. The Hall–Kier alpha value is -4.18. The van der Waals surface area contributed by atoms with Gasteiger partial charge in [-0.3, -0.25) is 0 Å². The fourth-order valence-electron chi connectivity index (χ4n) is 5.68. The number of sulfonamides is 1. The number of benzene rings is 3. The highest BCUT2D eigenvalue weighted by Crippen LogP contribution is 2.41. The van der Waals surface area contributed by atoms with E-state index in [1.165, 1.54) is 38.6 Å². The van der Waals surface area contributed by atoms with Crippen LogP contribution in [0.15, 0.2) is 78.1 Å². The van der Waals surface area contributed by atoms with Gasteiger partial charge in [0.15, 0.2) is 0 Å². The first-order chi connectivity index (χ1) is 22.7. The molecule has 3 aromatic carbocycles. The first kappa shape index (κ1) is 35.1. The van der Waals surface area contributed by atoms with Gasteiger partial charge in [-0.25, -0.2) is 27.1 Å². The lowest BCUT2D eigenvalue weighted by molar-refractivity contribution is -0.137. The fraction of sp³-hybridized carbons (Fsp3) is 0.312. The fourth-order valence-corrected chi connectivity index (χ4v) is 7.44. The molecule has 256 valence electrons. The van der Waals surface area contributed by atoms with Crippen molar-refractivity contribution in [3.63, 3.8) is 0 Å². The average Bonchev–Trinajstić information content (AvgIpc) is 3.06. The summed E-state index contributed by atoms with van der Waals surface area (Å²) in [5.74, 6) is -0.356. The topological polar surface area (TPSA) is 140 Å². The summed E-state index contributed by atoms with van der Waals surface area (Å²) in [6.07, 6.45) is -1.94. The second-order valence-electron chi connectivity index (χ2n) is 11.3. The smallest absolute Gasteiger partial charge is 0.416 e. The van der Waals surface area contributed by atoms with Crippen LogP contribution in [0, 0.1) is 5.82 Å². The van der Waals surface area contributed by atoms with Gasteiger partial charge in [0.25, 0.3) is 10.0 Å². The molecule has 16 heteroatoms. The SMILES string of the molecule is COc1ccc(CN(c2ccncn2)S(=O)(=O)c2cc(Cl)c(N[C@H]3CC[C@@](O)(c4cccc(C(F)(F)F)c4)CC3N)cc2F)c(OC)c1. The summed E-state index contributed by atoms with van der Waals surface area (Å²) in [5.41, 5.74) is 4.41. The zero-order valence-corrected chi connectivity index (χ0v) is 27.3. The van der Waals surface area contributed by atoms with Crippen LogP contribution in [0.25, 0.3) is 0 Å². The van der Waals surface area contributed by atoms with Crippen LogP contribution in [0.4, 0.5) is 29.1 Å². The Bertz CT molecular complexity index is 1890. The number of nitrogens with one attached hydrogen (secondary N) is 1. The van der Waals surface area contributed by atoms with Crippen molar-refractivity contribution in [2.45, 2.75) is 54.6 Å². The van der Waals surface area contributed by atoms with Crippen LogP contribution in [-0.4, -0.2) is 49.8 Å². The van der Waals surface area contributed by atoms with Crippen LogP contribution >= 0.6 is 11.6 Å². The number of nitrogens with two attached hydrogens (primary N) is 1. The van der Waals surface area contributed by atoms with Crippen molar-refractivity contribution in [2.75, 3.05) is 23.8 Å². The maximum Gasteiger partial charge on any atom is 0.416 e. The molecule has 1 aliphatic rings. The van der Waals surface area contributed by atoms with Gasteiger partial charge in [-0.2, -0.15) is 13.2 Å². The second kappa shape index (κ2) is 13.7. The van der Waals surface area contributed by atoms with E-state index in [-0.39, 0.29) is 47.9 Å². The summed E-state index contributed by atoms with van der Waals surface area (Å²) < 4.78 is 95.3. The van der Waals surface area contributed by atoms with Crippen molar-refractivity contribution in [1.82, 2.24) is 9.97 Å².